The molecule has 0 aliphatic heterocycles. The second-order valence-electron chi connectivity index (χ2n) is 5.67. The van der Waals surface area contributed by atoms with Gasteiger partial charge < -0.3 is 15.4 Å². The number of rotatable bonds is 9. The highest BCUT2D eigenvalue weighted by Gasteiger charge is 2.10. The van der Waals surface area contributed by atoms with E-state index in [2.05, 4.69) is 15.4 Å². The van der Waals surface area contributed by atoms with E-state index in [1.165, 1.54) is 7.11 Å². The van der Waals surface area contributed by atoms with Crippen molar-refractivity contribution in [1.82, 2.24) is 5.32 Å². The van der Waals surface area contributed by atoms with E-state index in [4.69, 9.17) is 0 Å². The Morgan fingerprint density at radius 3 is 2.44 bits per heavy atom. The molecule has 132 valence electrons. The van der Waals surface area contributed by atoms with E-state index in [-0.39, 0.29) is 11.9 Å². The maximum absolute atomic E-state index is 12.4. The number of carbonyl (C=O) groups is 2. The van der Waals surface area contributed by atoms with Gasteiger partial charge in [-0.3, -0.25) is 9.59 Å². The Hall–Kier alpha value is -2.82. The molecule has 0 aliphatic rings. The Labute approximate surface area is 148 Å². The first-order valence-electron chi connectivity index (χ1n) is 8.42. The molecule has 0 heterocycles. The van der Waals surface area contributed by atoms with Crippen LogP contribution in [0.1, 0.15) is 35.2 Å². The number of hydrogen-bond acceptors (Lipinski definition) is 4. The largest absolute Gasteiger partial charge is 0.469 e. The van der Waals surface area contributed by atoms with Crippen LogP contribution in [0, 0.1) is 0 Å². The molecule has 0 atom stereocenters. The second kappa shape index (κ2) is 10.1. The van der Waals surface area contributed by atoms with Crippen molar-refractivity contribution in [3.8, 4) is 0 Å². The van der Waals surface area contributed by atoms with Gasteiger partial charge in [0.05, 0.1) is 12.7 Å². The SMILES string of the molecule is COC(=O)CCCCNC(=O)c1ccccc1NCc1ccccc1. The molecule has 1 amide bonds. The van der Waals surface area contributed by atoms with E-state index >= 15 is 0 Å². The summed E-state index contributed by atoms with van der Waals surface area (Å²) in [5.41, 5.74) is 2.57. The van der Waals surface area contributed by atoms with Crippen molar-refractivity contribution in [3.63, 3.8) is 0 Å². The molecule has 2 rings (SSSR count). The fourth-order valence-electron chi connectivity index (χ4n) is 2.42. The van der Waals surface area contributed by atoms with Gasteiger partial charge in [-0.2, -0.15) is 0 Å². The molecule has 0 spiro atoms. The molecule has 0 saturated heterocycles. The summed E-state index contributed by atoms with van der Waals surface area (Å²) >= 11 is 0. The average molecular weight is 340 g/mol. The minimum Gasteiger partial charge on any atom is -0.469 e. The van der Waals surface area contributed by atoms with Crippen LogP contribution in [0.4, 0.5) is 5.69 Å². The summed E-state index contributed by atoms with van der Waals surface area (Å²) in [5, 5.41) is 6.21. The Bertz CT molecular complexity index is 686. The number of hydrogen-bond donors (Lipinski definition) is 2. The molecule has 0 unspecified atom stereocenters. The van der Waals surface area contributed by atoms with E-state index in [1.54, 1.807) is 6.07 Å². The van der Waals surface area contributed by atoms with Gasteiger partial charge in [-0.25, -0.2) is 0 Å². The Balaban J connectivity index is 1.84. The molecule has 2 N–H and O–H groups in total. The van der Waals surface area contributed by atoms with Crippen LogP contribution in [0.2, 0.25) is 0 Å². The summed E-state index contributed by atoms with van der Waals surface area (Å²) in [5.74, 6) is -0.337. The lowest BCUT2D eigenvalue weighted by Gasteiger charge is -2.12. The summed E-state index contributed by atoms with van der Waals surface area (Å²) in [6.07, 6.45) is 1.81. The summed E-state index contributed by atoms with van der Waals surface area (Å²) in [6.45, 7) is 1.19. The number of esters is 1. The number of anilines is 1. The van der Waals surface area contributed by atoms with Crippen molar-refractivity contribution in [2.24, 2.45) is 0 Å². The Morgan fingerprint density at radius 1 is 0.960 bits per heavy atom. The van der Waals surface area contributed by atoms with Gasteiger partial charge in [0, 0.05) is 25.2 Å². The van der Waals surface area contributed by atoms with Gasteiger partial charge in [0.15, 0.2) is 0 Å². The molecule has 0 saturated carbocycles. The summed E-state index contributed by atoms with van der Waals surface area (Å²) in [4.78, 5) is 23.4. The predicted octanol–water partition coefficient (Wildman–Crippen LogP) is 3.37. The number of unbranched alkanes of at least 4 members (excludes halogenated alkanes) is 1. The summed E-state index contributed by atoms with van der Waals surface area (Å²) in [6, 6.07) is 17.5. The fourth-order valence-corrected chi connectivity index (χ4v) is 2.42. The third kappa shape index (κ3) is 6.30. The van der Waals surface area contributed by atoms with Crippen molar-refractivity contribution in [2.45, 2.75) is 25.8 Å². The normalized spacial score (nSPS) is 10.1. The van der Waals surface area contributed by atoms with Crippen LogP contribution < -0.4 is 10.6 Å². The van der Waals surface area contributed by atoms with E-state index in [9.17, 15) is 9.59 Å². The molecule has 0 fully saturated rings. The standard InChI is InChI=1S/C20H24N2O3/c1-25-19(23)13-7-8-14-21-20(24)17-11-5-6-12-18(17)22-15-16-9-3-2-4-10-16/h2-6,9-12,22H,7-8,13-15H2,1H3,(H,21,24). The van der Waals surface area contributed by atoms with Gasteiger partial charge in [-0.15, -0.1) is 0 Å². The molecule has 0 aromatic heterocycles. The smallest absolute Gasteiger partial charge is 0.305 e. The lowest BCUT2D eigenvalue weighted by atomic mass is 10.1. The van der Waals surface area contributed by atoms with E-state index < -0.39 is 0 Å². The third-order valence-electron chi connectivity index (χ3n) is 3.82. The van der Waals surface area contributed by atoms with Gasteiger partial charge in [0.25, 0.3) is 5.91 Å². The summed E-state index contributed by atoms with van der Waals surface area (Å²) in [7, 11) is 1.38. The van der Waals surface area contributed by atoms with Crippen LogP contribution in [0.3, 0.4) is 0 Å². The lowest BCUT2D eigenvalue weighted by molar-refractivity contribution is -0.140. The molecular formula is C20H24N2O3. The molecule has 0 aliphatic carbocycles. The molecule has 0 radical (unpaired) electrons. The van der Waals surface area contributed by atoms with Gasteiger partial charge in [-0.1, -0.05) is 42.5 Å². The molecular weight excluding hydrogens is 316 g/mol. The van der Waals surface area contributed by atoms with Crippen LogP contribution in [0.25, 0.3) is 0 Å². The van der Waals surface area contributed by atoms with Crippen LogP contribution in [0.5, 0.6) is 0 Å². The van der Waals surface area contributed by atoms with E-state index in [0.29, 0.717) is 31.5 Å². The summed E-state index contributed by atoms with van der Waals surface area (Å²) < 4.78 is 4.59. The van der Waals surface area contributed by atoms with Gasteiger partial charge in [-0.05, 0) is 30.5 Å². The second-order valence-corrected chi connectivity index (χ2v) is 5.67. The number of carbonyl (C=O) groups excluding carboxylic acids is 2. The molecule has 0 bridgehead atoms. The van der Waals surface area contributed by atoms with Crippen LogP contribution in [-0.2, 0) is 16.1 Å². The van der Waals surface area contributed by atoms with Gasteiger partial charge >= 0.3 is 5.97 Å². The van der Waals surface area contributed by atoms with Crippen molar-refractivity contribution < 1.29 is 14.3 Å². The highest BCUT2D eigenvalue weighted by atomic mass is 16.5. The third-order valence-corrected chi connectivity index (χ3v) is 3.82. The number of benzene rings is 2. The first kappa shape index (κ1) is 18.5. The van der Waals surface area contributed by atoms with Crippen molar-refractivity contribution in [3.05, 3.63) is 65.7 Å². The fraction of sp³-hybridized carbons (Fsp3) is 0.300. The molecule has 2 aromatic rings. The monoisotopic (exact) mass is 340 g/mol. The average Bonchev–Trinajstić information content (AvgIpc) is 2.66. The van der Waals surface area contributed by atoms with Crippen LogP contribution >= 0.6 is 0 Å². The number of para-hydroxylation sites is 1. The minimum absolute atomic E-state index is 0.116. The highest BCUT2D eigenvalue weighted by molar-refractivity contribution is 5.99. The number of ether oxygens (including phenoxy) is 1. The Kier molecular flexibility index (Phi) is 7.50. The zero-order valence-electron chi connectivity index (χ0n) is 14.5. The zero-order valence-corrected chi connectivity index (χ0v) is 14.5. The first-order chi connectivity index (χ1) is 12.2. The van der Waals surface area contributed by atoms with Crippen molar-refractivity contribution >= 4 is 17.6 Å². The van der Waals surface area contributed by atoms with Crippen molar-refractivity contribution in [1.29, 1.82) is 0 Å². The number of amides is 1. The maximum Gasteiger partial charge on any atom is 0.305 e. The topological polar surface area (TPSA) is 67.4 Å². The van der Waals surface area contributed by atoms with Gasteiger partial charge in [0.1, 0.15) is 0 Å². The number of methoxy groups -OCH3 is 1. The van der Waals surface area contributed by atoms with Gasteiger partial charge in [0.2, 0.25) is 0 Å². The Morgan fingerprint density at radius 2 is 1.68 bits per heavy atom. The lowest BCUT2D eigenvalue weighted by Crippen LogP contribution is -2.25. The van der Waals surface area contributed by atoms with Crippen LogP contribution in [0.15, 0.2) is 54.6 Å². The van der Waals surface area contributed by atoms with E-state index in [0.717, 1.165) is 17.7 Å². The number of nitrogens with one attached hydrogen (secondary N) is 2. The maximum atomic E-state index is 12.4. The quantitative estimate of drug-likeness (QED) is 0.542. The van der Waals surface area contributed by atoms with Crippen LogP contribution in [-0.4, -0.2) is 25.5 Å². The highest BCUT2D eigenvalue weighted by Crippen LogP contribution is 2.16. The van der Waals surface area contributed by atoms with Crippen molar-refractivity contribution in [2.75, 3.05) is 19.0 Å². The molecule has 5 heteroatoms. The predicted molar refractivity (Wildman–Crippen MR) is 98.4 cm³/mol. The minimum atomic E-state index is -0.221. The van der Waals surface area contributed by atoms with E-state index in [1.807, 2.05) is 48.5 Å². The molecule has 25 heavy (non-hydrogen) atoms. The first-order valence-corrected chi connectivity index (χ1v) is 8.42. The molecule has 5 nitrogen and oxygen atoms in total. The zero-order chi connectivity index (χ0) is 17.9. The molecule has 2 aromatic carbocycles.